The number of carbonyl (C=O) groups is 1. The van der Waals surface area contributed by atoms with Crippen LogP contribution in [0, 0.1) is 11.8 Å². The van der Waals surface area contributed by atoms with E-state index in [1.54, 1.807) is 6.33 Å². The van der Waals surface area contributed by atoms with Crippen LogP contribution in [0.3, 0.4) is 0 Å². The smallest absolute Gasteiger partial charge is 0.410 e. The van der Waals surface area contributed by atoms with Crippen molar-refractivity contribution in [3.63, 3.8) is 0 Å². The third kappa shape index (κ3) is 2.97. The summed E-state index contributed by atoms with van der Waals surface area (Å²) < 4.78 is 7.54. The molecule has 2 atom stereocenters. The summed E-state index contributed by atoms with van der Waals surface area (Å²) in [5.41, 5.74) is 1.29. The van der Waals surface area contributed by atoms with E-state index in [0.29, 0.717) is 11.8 Å². The summed E-state index contributed by atoms with van der Waals surface area (Å²) in [6.45, 7) is 11.9. The van der Waals surface area contributed by atoms with Gasteiger partial charge in [-0.2, -0.15) is 0 Å². The Morgan fingerprint density at radius 2 is 1.85 bits per heavy atom. The first-order valence-corrected chi connectivity index (χ1v) is 9.24. The number of amides is 1. The van der Waals surface area contributed by atoms with E-state index in [9.17, 15) is 4.79 Å². The van der Waals surface area contributed by atoms with Crippen LogP contribution in [0.15, 0.2) is 12.7 Å². The van der Waals surface area contributed by atoms with E-state index in [1.165, 1.54) is 0 Å². The predicted octanol–water partition coefficient (Wildman–Crippen LogP) is 2.15. The number of fused-ring (bicyclic) bond motifs is 2. The molecule has 8 heteroatoms. The second-order valence-electron chi connectivity index (χ2n) is 8.21. The molecule has 2 aromatic rings. The number of aromatic nitrogens is 4. The lowest BCUT2D eigenvalue weighted by molar-refractivity contribution is 0.0282. The first-order valence-electron chi connectivity index (χ1n) is 9.24. The van der Waals surface area contributed by atoms with Crippen LogP contribution in [0.4, 0.5) is 10.6 Å². The largest absolute Gasteiger partial charge is 0.444 e. The van der Waals surface area contributed by atoms with Crippen molar-refractivity contribution >= 4 is 23.1 Å². The van der Waals surface area contributed by atoms with Crippen LogP contribution >= 0.6 is 0 Å². The van der Waals surface area contributed by atoms with Gasteiger partial charge in [0.25, 0.3) is 0 Å². The Kier molecular flexibility index (Phi) is 4.00. The highest BCUT2D eigenvalue weighted by Crippen LogP contribution is 2.35. The second-order valence-corrected chi connectivity index (χ2v) is 8.21. The zero-order chi connectivity index (χ0) is 18.5. The van der Waals surface area contributed by atoms with Gasteiger partial charge in [-0.1, -0.05) is 0 Å². The molecule has 0 aromatic carbocycles. The first-order chi connectivity index (χ1) is 12.4. The van der Waals surface area contributed by atoms with Gasteiger partial charge in [-0.25, -0.2) is 19.7 Å². The standard InChI is InChI=1S/C18H26N6O2/c1-5-22-11-21-14-15(22)19-10-20-16(14)23-6-12-8-24(9-13(12)7-23)17(25)26-18(2,3)4/h10-13H,5-9H2,1-4H3. The normalized spacial score (nSPS) is 22.9. The molecule has 4 heterocycles. The van der Waals surface area contributed by atoms with E-state index in [1.807, 2.05) is 36.6 Å². The lowest BCUT2D eigenvalue weighted by atomic mass is 10.0. The van der Waals surface area contributed by atoms with Crippen LogP contribution in [0.2, 0.25) is 0 Å². The van der Waals surface area contributed by atoms with Gasteiger partial charge in [-0.15, -0.1) is 0 Å². The zero-order valence-electron chi connectivity index (χ0n) is 15.8. The molecule has 2 aliphatic rings. The highest BCUT2D eigenvalue weighted by Gasteiger charge is 2.43. The predicted molar refractivity (Wildman–Crippen MR) is 98.0 cm³/mol. The van der Waals surface area contributed by atoms with E-state index >= 15 is 0 Å². The highest BCUT2D eigenvalue weighted by atomic mass is 16.6. The van der Waals surface area contributed by atoms with Crippen LogP contribution < -0.4 is 4.90 Å². The summed E-state index contributed by atoms with van der Waals surface area (Å²) in [7, 11) is 0. The van der Waals surface area contributed by atoms with Crippen LogP contribution in [-0.4, -0.2) is 62.3 Å². The molecule has 26 heavy (non-hydrogen) atoms. The lowest BCUT2D eigenvalue weighted by Gasteiger charge is -2.26. The number of hydrogen-bond donors (Lipinski definition) is 0. The molecule has 2 saturated heterocycles. The molecule has 8 nitrogen and oxygen atoms in total. The third-order valence-corrected chi connectivity index (χ3v) is 5.16. The third-order valence-electron chi connectivity index (χ3n) is 5.16. The molecule has 2 aromatic heterocycles. The van der Waals surface area contributed by atoms with Crippen molar-refractivity contribution < 1.29 is 9.53 Å². The van der Waals surface area contributed by atoms with Crippen LogP contribution in [0.1, 0.15) is 27.7 Å². The van der Waals surface area contributed by atoms with E-state index in [4.69, 9.17) is 4.74 Å². The maximum atomic E-state index is 12.3. The van der Waals surface area contributed by atoms with Gasteiger partial charge < -0.3 is 19.1 Å². The van der Waals surface area contributed by atoms with Crippen LogP contribution in [0.25, 0.3) is 11.2 Å². The SMILES string of the molecule is CCn1cnc2c(N3CC4CN(C(=O)OC(C)(C)C)CC4C3)ncnc21. The zero-order valence-corrected chi connectivity index (χ0v) is 15.8. The van der Waals surface area contributed by atoms with E-state index in [0.717, 1.165) is 49.7 Å². The lowest BCUT2D eigenvalue weighted by Crippen LogP contribution is -2.37. The molecular weight excluding hydrogens is 332 g/mol. The van der Waals surface area contributed by atoms with Crippen molar-refractivity contribution in [3.8, 4) is 0 Å². The molecule has 2 unspecified atom stereocenters. The quantitative estimate of drug-likeness (QED) is 0.819. The Labute approximate surface area is 153 Å². The minimum Gasteiger partial charge on any atom is -0.444 e. The number of imidazole rings is 1. The average molecular weight is 358 g/mol. The van der Waals surface area contributed by atoms with E-state index in [-0.39, 0.29) is 6.09 Å². The van der Waals surface area contributed by atoms with Gasteiger partial charge in [-0.3, -0.25) is 0 Å². The Hall–Kier alpha value is -2.38. The van der Waals surface area contributed by atoms with Crippen molar-refractivity contribution in [2.45, 2.75) is 39.8 Å². The number of hydrogen-bond acceptors (Lipinski definition) is 6. The number of nitrogens with zero attached hydrogens (tertiary/aromatic N) is 6. The second kappa shape index (κ2) is 6.10. The minimum atomic E-state index is -0.453. The molecule has 4 rings (SSSR count). The first kappa shape index (κ1) is 17.1. The van der Waals surface area contributed by atoms with Crippen molar-refractivity contribution in [2.75, 3.05) is 31.1 Å². The molecule has 0 spiro atoms. The number of aryl methyl sites for hydroxylation is 1. The van der Waals surface area contributed by atoms with Crippen molar-refractivity contribution in [1.82, 2.24) is 24.4 Å². The number of rotatable bonds is 2. The Bertz CT molecular complexity index is 813. The Balaban J connectivity index is 1.47. The highest BCUT2D eigenvalue weighted by molar-refractivity contribution is 5.83. The molecule has 140 valence electrons. The van der Waals surface area contributed by atoms with E-state index < -0.39 is 5.60 Å². The van der Waals surface area contributed by atoms with Gasteiger partial charge in [0.2, 0.25) is 0 Å². The number of likely N-dealkylation sites (tertiary alicyclic amines) is 1. The van der Waals surface area contributed by atoms with Gasteiger partial charge in [0.1, 0.15) is 11.9 Å². The topological polar surface area (TPSA) is 76.4 Å². The fraction of sp³-hybridized carbons (Fsp3) is 0.667. The molecule has 0 bridgehead atoms. The molecule has 1 amide bonds. The number of anilines is 1. The molecule has 2 aliphatic heterocycles. The summed E-state index contributed by atoms with van der Waals surface area (Å²) in [4.78, 5) is 29.9. The minimum absolute atomic E-state index is 0.204. The van der Waals surface area contributed by atoms with Crippen LogP contribution in [-0.2, 0) is 11.3 Å². The molecule has 0 radical (unpaired) electrons. The summed E-state index contributed by atoms with van der Waals surface area (Å²) in [5.74, 6) is 1.79. The van der Waals surface area contributed by atoms with Gasteiger partial charge in [0.05, 0.1) is 6.33 Å². The number of carbonyl (C=O) groups excluding carboxylic acids is 1. The fourth-order valence-electron chi connectivity index (χ4n) is 3.97. The summed E-state index contributed by atoms with van der Waals surface area (Å²) >= 11 is 0. The van der Waals surface area contributed by atoms with Gasteiger partial charge in [0, 0.05) is 44.6 Å². The number of ether oxygens (including phenoxy) is 1. The van der Waals surface area contributed by atoms with Crippen LogP contribution in [0.5, 0.6) is 0 Å². The maximum Gasteiger partial charge on any atom is 0.410 e. The molecule has 0 saturated carbocycles. The maximum absolute atomic E-state index is 12.3. The molecular formula is C18H26N6O2. The van der Waals surface area contributed by atoms with E-state index in [2.05, 4.69) is 26.8 Å². The van der Waals surface area contributed by atoms with Crippen molar-refractivity contribution in [2.24, 2.45) is 11.8 Å². The van der Waals surface area contributed by atoms with Crippen molar-refractivity contribution in [3.05, 3.63) is 12.7 Å². The average Bonchev–Trinajstić information content (AvgIpc) is 3.24. The summed E-state index contributed by atoms with van der Waals surface area (Å²) in [6, 6.07) is 0. The van der Waals surface area contributed by atoms with Gasteiger partial charge >= 0.3 is 6.09 Å². The molecule has 2 fully saturated rings. The monoisotopic (exact) mass is 358 g/mol. The molecule has 0 aliphatic carbocycles. The fourth-order valence-corrected chi connectivity index (χ4v) is 3.97. The Morgan fingerprint density at radius 1 is 1.15 bits per heavy atom. The summed E-state index contributed by atoms with van der Waals surface area (Å²) in [5, 5.41) is 0. The van der Waals surface area contributed by atoms with Gasteiger partial charge in [0.15, 0.2) is 17.0 Å². The van der Waals surface area contributed by atoms with Crippen molar-refractivity contribution in [1.29, 1.82) is 0 Å². The summed E-state index contributed by atoms with van der Waals surface area (Å²) in [6.07, 6.45) is 3.24. The van der Waals surface area contributed by atoms with Gasteiger partial charge in [-0.05, 0) is 27.7 Å². The molecule has 0 N–H and O–H groups in total. The Morgan fingerprint density at radius 3 is 2.46 bits per heavy atom.